The third kappa shape index (κ3) is 3.59. The molecule has 3 heterocycles. The molecular weight excluding hydrogens is 296 g/mol. The highest BCUT2D eigenvalue weighted by molar-refractivity contribution is 7.10. The van der Waals surface area contributed by atoms with E-state index in [1.165, 1.54) is 0 Å². The first-order valence-corrected chi connectivity index (χ1v) is 7.82. The molecule has 1 N–H and O–H groups in total. The molecular formula is C16H16N4OS. The lowest BCUT2D eigenvalue weighted by molar-refractivity contribution is -0.120. The third-order valence-corrected chi connectivity index (χ3v) is 4.11. The first-order chi connectivity index (χ1) is 10.7. The second-order valence-corrected chi connectivity index (χ2v) is 6.02. The quantitative estimate of drug-likeness (QED) is 0.787. The summed E-state index contributed by atoms with van der Waals surface area (Å²) in [5.74, 6) is 0.0267. The number of amides is 1. The number of rotatable bonds is 5. The van der Waals surface area contributed by atoms with E-state index < -0.39 is 0 Å². The summed E-state index contributed by atoms with van der Waals surface area (Å²) in [5.41, 5.74) is 2.84. The van der Waals surface area contributed by atoms with Crippen LogP contribution in [0.15, 0.2) is 48.2 Å². The van der Waals surface area contributed by atoms with Crippen molar-refractivity contribution in [3.63, 3.8) is 0 Å². The van der Waals surface area contributed by atoms with Gasteiger partial charge in [-0.1, -0.05) is 12.1 Å². The molecule has 1 amide bonds. The van der Waals surface area contributed by atoms with Gasteiger partial charge >= 0.3 is 0 Å². The standard InChI is InChI=1S/C16H16N4OS/c1-20-11-13(10-19-20)15-5-4-12(8-17-15)9-18-16(21)7-14-3-2-6-22-14/h2-6,8,10-11H,7,9H2,1H3,(H,18,21). The molecule has 0 unspecified atom stereocenters. The second kappa shape index (κ2) is 6.53. The average Bonchev–Trinajstić information content (AvgIpc) is 3.17. The van der Waals surface area contributed by atoms with Crippen LogP contribution in [-0.2, 0) is 24.8 Å². The molecule has 5 nitrogen and oxygen atoms in total. The summed E-state index contributed by atoms with van der Waals surface area (Å²) in [5, 5.41) is 9.02. The summed E-state index contributed by atoms with van der Waals surface area (Å²) in [7, 11) is 1.88. The smallest absolute Gasteiger partial charge is 0.225 e. The highest BCUT2D eigenvalue weighted by atomic mass is 32.1. The van der Waals surface area contributed by atoms with Crippen molar-refractivity contribution in [3.8, 4) is 11.3 Å². The SMILES string of the molecule is Cn1cc(-c2ccc(CNC(=O)Cc3cccs3)cn2)cn1. The minimum absolute atomic E-state index is 0.0267. The highest BCUT2D eigenvalue weighted by Gasteiger charge is 2.05. The number of carbonyl (C=O) groups excluding carboxylic acids is 1. The van der Waals surface area contributed by atoms with Crippen molar-refractivity contribution in [1.82, 2.24) is 20.1 Å². The Morgan fingerprint density at radius 1 is 1.32 bits per heavy atom. The molecule has 0 saturated heterocycles. The maximum Gasteiger partial charge on any atom is 0.225 e. The highest BCUT2D eigenvalue weighted by Crippen LogP contribution is 2.15. The number of nitrogens with one attached hydrogen (secondary N) is 1. The van der Waals surface area contributed by atoms with E-state index in [1.54, 1.807) is 28.4 Å². The fraction of sp³-hybridized carbons (Fsp3) is 0.188. The van der Waals surface area contributed by atoms with Crippen molar-refractivity contribution in [3.05, 3.63) is 58.7 Å². The monoisotopic (exact) mass is 312 g/mol. The number of aryl methyl sites for hydroxylation is 1. The topological polar surface area (TPSA) is 59.8 Å². The molecule has 112 valence electrons. The largest absolute Gasteiger partial charge is 0.352 e. The van der Waals surface area contributed by atoms with E-state index in [9.17, 15) is 4.79 Å². The van der Waals surface area contributed by atoms with Crippen LogP contribution in [0.2, 0.25) is 0 Å². The van der Waals surface area contributed by atoms with E-state index in [-0.39, 0.29) is 5.91 Å². The van der Waals surface area contributed by atoms with Crippen molar-refractivity contribution in [2.45, 2.75) is 13.0 Å². The summed E-state index contributed by atoms with van der Waals surface area (Å²) in [6.07, 6.45) is 5.92. The second-order valence-electron chi connectivity index (χ2n) is 4.99. The molecule has 0 fully saturated rings. The average molecular weight is 312 g/mol. The van der Waals surface area contributed by atoms with Crippen molar-refractivity contribution in [2.75, 3.05) is 0 Å². The number of nitrogens with zero attached hydrogens (tertiary/aromatic N) is 3. The van der Waals surface area contributed by atoms with Gasteiger partial charge in [0.1, 0.15) is 0 Å². The number of carbonyl (C=O) groups is 1. The van der Waals surface area contributed by atoms with Gasteiger partial charge in [0.05, 0.1) is 18.3 Å². The van der Waals surface area contributed by atoms with Crippen LogP contribution in [0.5, 0.6) is 0 Å². The number of hydrogen-bond acceptors (Lipinski definition) is 4. The molecule has 0 bridgehead atoms. The fourth-order valence-electron chi connectivity index (χ4n) is 2.09. The summed E-state index contributed by atoms with van der Waals surface area (Å²) >= 11 is 1.59. The first kappa shape index (κ1) is 14.5. The normalized spacial score (nSPS) is 10.6. The molecule has 0 spiro atoms. The van der Waals surface area contributed by atoms with Gasteiger partial charge < -0.3 is 5.32 Å². The van der Waals surface area contributed by atoms with Crippen LogP contribution in [0.25, 0.3) is 11.3 Å². The Kier molecular flexibility index (Phi) is 4.29. The van der Waals surface area contributed by atoms with Crippen molar-refractivity contribution < 1.29 is 4.79 Å². The van der Waals surface area contributed by atoms with Crippen LogP contribution < -0.4 is 5.32 Å². The zero-order chi connectivity index (χ0) is 15.4. The Morgan fingerprint density at radius 2 is 2.23 bits per heavy atom. The Morgan fingerprint density at radius 3 is 2.86 bits per heavy atom. The van der Waals surface area contributed by atoms with Crippen molar-refractivity contribution in [2.24, 2.45) is 7.05 Å². The van der Waals surface area contributed by atoms with Gasteiger partial charge in [0.2, 0.25) is 5.91 Å². The predicted molar refractivity (Wildman–Crippen MR) is 86.3 cm³/mol. The zero-order valence-corrected chi connectivity index (χ0v) is 13.0. The molecule has 6 heteroatoms. The van der Waals surface area contributed by atoms with E-state index in [0.29, 0.717) is 13.0 Å². The van der Waals surface area contributed by atoms with Crippen LogP contribution in [-0.4, -0.2) is 20.7 Å². The maximum atomic E-state index is 11.8. The van der Waals surface area contributed by atoms with E-state index in [1.807, 2.05) is 42.9 Å². The molecule has 3 aromatic rings. The number of hydrogen-bond donors (Lipinski definition) is 1. The summed E-state index contributed by atoms with van der Waals surface area (Å²) < 4.78 is 1.75. The predicted octanol–water partition coefficient (Wildman–Crippen LogP) is 2.40. The van der Waals surface area contributed by atoms with Gasteiger partial charge in [0.15, 0.2) is 0 Å². The van der Waals surface area contributed by atoms with Gasteiger partial charge in [-0.2, -0.15) is 5.10 Å². The molecule has 0 radical (unpaired) electrons. The lowest BCUT2D eigenvalue weighted by Crippen LogP contribution is -2.24. The zero-order valence-electron chi connectivity index (χ0n) is 12.2. The van der Waals surface area contributed by atoms with Gasteiger partial charge in [-0.15, -0.1) is 11.3 Å². The fourth-order valence-corrected chi connectivity index (χ4v) is 2.79. The number of thiophene rings is 1. The van der Waals surface area contributed by atoms with Crippen LogP contribution >= 0.6 is 11.3 Å². The van der Waals surface area contributed by atoms with Crippen LogP contribution in [0.4, 0.5) is 0 Å². The molecule has 0 aliphatic heterocycles. The van der Waals surface area contributed by atoms with E-state index in [0.717, 1.165) is 21.7 Å². The molecule has 0 saturated carbocycles. The van der Waals surface area contributed by atoms with E-state index in [2.05, 4.69) is 15.4 Å². The van der Waals surface area contributed by atoms with Crippen molar-refractivity contribution in [1.29, 1.82) is 0 Å². The van der Waals surface area contributed by atoms with Gasteiger partial charge in [-0.05, 0) is 23.1 Å². The molecule has 0 aromatic carbocycles. The third-order valence-electron chi connectivity index (χ3n) is 3.23. The van der Waals surface area contributed by atoms with Gasteiger partial charge in [0.25, 0.3) is 0 Å². The van der Waals surface area contributed by atoms with Gasteiger partial charge in [-0.3, -0.25) is 14.5 Å². The Labute approximate surface area is 132 Å². The molecule has 0 atom stereocenters. The molecule has 3 aromatic heterocycles. The lowest BCUT2D eigenvalue weighted by Gasteiger charge is -2.05. The Hall–Kier alpha value is -2.47. The van der Waals surface area contributed by atoms with Gasteiger partial charge in [0, 0.05) is 36.4 Å². The van der Waals surface area contributed by atoms with Crippen molar-refractivity contribution >= 4 is 17.2 Å². The number of pyridine rings is 1. The lowest BCUT2D eigenvalue weighted by atomic mass is 10.2. The Bertz CT molecular complexity index is 747. The molecule has 0 aliphatic rings. The first-order valence-electron chi connectivity index (χ1n) is 6.94. The van der Waals surface area contributed by atoms with Crippen LogP contribution in [0, 0.1) is 0 Å². The van der Waals surface area contributed by atoms with Crippen LogP contribution in [0.1, 0.15) is 10.4 Å². The van der Waals surface area contributed by atoms with Gasteiger partial charge in [-0.25, -0.2) is 0 Å². The van der Waals surface area contributed by atoms with Crippen LogP contribution in [0.3, 0.4) is 0 Å². The Balaban J connectivity index is 1.56. The summed E-state index contributed by atoms with van der Waals surface area (Å²) in [6.45, 7) is 0.491. The summed E-state index contributed by atoms with van der Waals surface area (Å²) in [4.78, 5) is 17.3. The summed E-state index contributed by atoms with van der Waals surface area (Å²) in [6, 6.07) is 7.83. The maximum absolute atomic E-state index is 11.8. The molecule has 3 rings (SSSR count). The van der Waals surface area contributed by atoms with E-state index in [4.69, 9.17) is 0 Å². The minimum Gasteiger partial charge on any atom is -0.352 e. The molecule has 22 heavy (non-hydrogen) atoms. The number of aromatic nitrogens is 3. The minimum atomic E-state index is 0.0267. The van der Waals surface area contributed by atoms with E-state index >= 15 is 0 Å². The molecule has 0 aliphatic carbocycles.